The number of hydrogen-bond donors (Lipinski definition) is 1. The molecule has 3 rings (SSSR count). The zero-order valence-corrected chi connectivity index (χ0v) is 15.4. The summed E-state index contributed by atoms with van der Waals surface area (Å²) < 4.78 is 25.6. The van der Waals surface area contributed by atoms with Gasteiger partial charge in [0.05, 0.1) is 18.8 Å². The van der Waals surface area contributed by atoms with Gasteiger partial charge in [-0.05, 0) is 42.3 Å². The fourth-order valence-corrected chi connectivity index (χ4v) is 3.09. The molecule has 2 aromatic carbocycles. The molecule has 0 aliphatic carbocycles. The minimum absolute atomic E-state index is 0.0686. The summed E-state index contributed by atoms with van der Waals surface area (Å²) in [6.07, 6.45) is 2.55. The SMILES string of the molecule is COC(=O)C=Cc1cc2c(cc1F)NC(c1cc(Br)ccc1C)CO2. The number of esters is 1. The number of ether oxygens (including phenoxy) is 2. The van der Waals surface area contributed by atoms with Crippen LogP contribution in [-0.2, 0) is 9.53 Å². The molecule has 0 amide bonds. The van der Waals surface area contributed by atoms with Gasteiger partial charge in [-0.1, -0.05) is 22.0 Å². The number of carbonyl (C=O) groups is 1. The van der Waals surface area contributed by atoms with Crippen LogP contribution in [0.4, 0.5) is 10.1 Å². The van der Waals surface area contributed by atoms with Gasteiger partial charge in [0.25, 0.3) is 0 Å². The molecule has 4 nitrogen and oxygen atoms in total. The molecule has 2 aromatic rings. The third-order valence-electron chi connectivity index (χ3n) is 4.05. The molecule has 0 spiro atoms. The van der Waals surface area contributed by atoms with E-state index in [2.05, 4.69) is 26.0 Å². The van der Waals surface area contributed by atoms with E-state index in [1.54, 1.807) is 6.07 Å². The van der Waals surface area contributed by atoms with E-state index in [1.165, 1.54) is 25.3 Å². The number of fused-ring (bicyclic) bond motifs is 1. The lowest BCUT2D eigenvalue weighted by molar-refractivity contribution is -0.134. The fraction of sp³-hybridized carbons (Fsp3) is 0.211. The Kier molecular flexibility index (Phi) is 5.08. The maximum absolute atomic E-state index is 14.3. The van der Waals surface area contributed by atoms with Crippen molar-refractivity contribution in [3.8, 4) is 5.75 Å². The number of carbonyl (C=O) groups excluding carboxylic acids is 1. The van der Waals surface area contributed by atoms with Gasteiger partial charge in [-0.2, -0.15) is 0 Å². The molecule has 0 saturated heterocycles. The number of hydrogen-bond acceptors (Lipinski definition) is 4. The Morgan fingerprint density at radius 2 is 2.20 bits per heavy atom. The number of halogens is 2. The first-order chi connectivity index (χ1) is 12.0. The van der Waals surface area contributed by atoms with Gasteiger partial charge < -0.3 is 14.8 Å². The number of methoxy groups -OCH3 is 1. The summed E-state index contributed by atoms with van der Waals surface area (Å²) >= 11 is 3.48. The first kappa shape index (κ1) is 17.5. The Balaban J connectivity index is 1.87. The summed E-state index contributed by atoms with van der Waals surface area (Å²) in [4.78, 5) is 11.2. The summed E-state index contributed by atoms with van der Waals surface area (Å²) in [6, 6.07) is 8.92. The van der Waals surface area contributed by atoms with Crippen molar-refractivity contribution in [1.29, 1.82) is 0 Å². The zero-order valence-electron chi connectivity index (χ0n) is 13.8. The monoisotopic (exact) mass is 405 g/mol. The largest absolute Gasteiger partial charge is 0.489 e. The number of aryl methyl sites for hydroxylation is 1. The molecular formula is C19H17BrFNO3. The number of benzene rings is 2. The summed E-state index contributed by atoms with van der Waals surface area (Å²) in [5.41, 5.74) is 3.08. The molecular weight excluding hydrogens is 389 g/mol. The number of rotatable bonds is 3. The molecule has 0 saturated carbocycles. The lowest BCUT2D eigenvalue weighted by Gasteiger charge is -2.29. The Morgan fingerprint density at radius 3 is 2.96 bits per heavy atom. The molecule has 1 aliphatic rings. The standard InChI is InChI=1S/C19H17BrFNO3/c1-11-3-5-13(20)8-14(11)17-10-25-18-7-12(4-6-19(23)24-2)15(21)9-16(18)22-17/h3-9,17,22H,10H2,1-2H3. The highest BCUT2D eigenvalue weighted by atomic mass is 79.9. The molecule has 1 atom stereocenters. The normalized spacial score (nSPS) is 16.1. The van der Waals surface area contributed by atoms with Crippen molar-refractivity contribution in [1.82, 2.24) is 0 Å². The first-order valence-electron chi connectivity index (χ1n) is 7.73. The van der Waals surface area contributed by atoms with Gasteiger partial charge in [-0.25, -0.2) is 9.18 Å². The van der Waals surface area contributed by atoms with Crippen LogP contribution in [0.15, 0.2) is 40.9 Å². The minimum Gasteiger partial charge on any atom is -0.489 e. The van der Waals surface area contributed by atoms with Crippen molar-refractivity contribution in [3.63, 3.8) is 0 Å². The molecule has 130 valence electrons. The molecule has 0 aromatic heterocycles. The third-order valence-corrected chi connectivity index (χ3v) is 4.54. The summed E-state index contributed by atoms with van der Waals surface area (Å²) in [5, 5.41) is 3.32. The van der Waals surface area contributed by atoms with Crippen LogP contribution in [0.25, 0.3) is 6.08 Å². The van der Waals surface area contributed by atoms with Crippen LogP contribution in [0.1, 0.15) is 22.7 Å². The summed E-state index contributed by atoms with van der Waals surface area (Å²) in [6.45, 7) is 2.45. The average molecular weight is 406 g/mol. The van der Waals surface area contributed by atoms with E-state index in [0.717, 1.165) is 15.6 Å². The molecule has 0 radical (unpaired) electrons. The van der Waals surface area contributed by atoms with Gasteiger partial charge in [0.15, 0.2) is 0 Å². The van der Waals surface area contributed by atoms with Crippen molar-refractivity contribution in [3.05, 3.63) is 63.4 Å². The average Bonchev–Trinajstić information content (AvgIpc) is 2.61. The molecule has 1 unspecified atom stereocenters. The maximum atomic E-state index is 14.3. The van der Waals surface area contributed by atoms with E-state index in [9.17, 15) is 9.18 Å². The van der Waals surface area contributed by atoms with Gasteiger partial charge >= 0.3 is 5.97 Å². The fourth-order valence-electron chi connectivity index (χ4n) is 2.71. The van der Waals surface area contributed by atoms with Crippen LogP contribution in [0, 0.1) is 12.7 Å². The van der Waals surface area contributed by atoms with E-state index < -0.39 is 11.8 Å². The second kappa shape index (κ2) is 7.27. The van der Waals surface area contributed by atoms with Crippen molar-refractivity contribution in [2.45, 2.75) is 13.0 Å². The van der Waals surface area contributed by atoms with E-state index in [-0.39, 0.29) is 11.6 Å². The molecule has 1 aliphatic heterocycles. The maximum Gasteiger partial charge on any atom is 0.330 e. The molecule has 1 N–H and O–H groups in total. The van der Waals surface area contributed by atoms with Crippen LogP contribution >= 0.6 is 15.9 Å². The number of anilines is 1. The Hall–Kier alpha value is -2.34. The van der Waals surface area contributed by atoms with Gasteiger partial charge in [-0.15, -0.1) is 0 Å². The lowest BCUT2D eigenvalue weighted by Crippen LogP contribution is -2.25. The molecule has 1 heterocycles. The third kappa shape index (κ3) is 3.85. The topological polar surface area (TPSA) is 47.6 Å². The van der Waals surface area contributed by atoms with E-state index in [1.807, 2.05) is 25.1 Å². The predicted molar refractivity (Wildman–Crippen MR) is 98.2 cm³/mol. The van der Waals surface area contributed by atoms with Crippen LogP contribution < -0.4 is 10.1 Å². The van der Waals surface area contributed by atoms with Gasteiger partial charge in [0, 0.05) is 22.2 Å². The lowest BCUT2D eigenvalue weighted by atomic mass is 10.00. The van der Waals surface area contributed by atoms with Crippen molar-refractivity contribution < 1.29 is 18.7 Å². The second-order valence-electron chi connectivity index (χ2n) is 5.74. The Bertz CT molecular complexity index is 851. The highest BCUT2D eigenvalue weighted by Gasteiger charge is 2.23. The van der Waals surface area contributed by atoms with Gasteiger partial charge in [-0.3, -0.25) is 0 Å². The summed E-state index contributed by atoms with van der Waals surface area (Å²) in [7, 11) is 1.27. The van der Waals surface area contributed by atoms with E-state index in [4.69, 9.17) is 4.74 Å². The van der Waals surface area contributed by atoms with Crippen LogP contribution in [0.2, 0.25) is 0 Å². The highest BCUT2D eigenvalue weighted by Crippen LogP contribution is 2.37. The Labute approximate surface area is 153 Å². The molecule has 0 bridgehead atoms. The van der Waals surface area contributed by atoms with Crippen LogP contribution in [0.5, 0.6) is 5.75 Å². The zero-order chi connectivity index (χ0) is 18.0. The van der Waals surface area contributed by atoms with Crippen molar-refractivity contribution in [2.75, 3.05) is 19.0 Å². The van der Waals surface area contributed by atoms with Gasteiger partial charge in [0.1, 0.15) is 18.2 Å². The van der Waals surface area contributed by atoms with Crippen molar-refractivity contribution >= 4 is 33.7 Å². The molecule has 6 heteroatoms. The molecule has 25 heavy (non-hydrogen) atoms. The van der Waals surface area contributed by atoms with E-state index in [0.29, 0.717) is 18.0 Å². The summed E-state index contributed by atoms with van der Waals surface area (Å²) in [5.74, 6) is -0.433. The van der Waals surface area contributed by atoms with Crippen LogP contribution in [-0.4, -0.2) is 19.7 Å². The van der Waals surface area contributed by atoms with E-state index >= 15 is 0 Å². The van der Waals surface area contributed by atoms with Gasteiger partial charge in [0.2, 0.25) is 0 Å². The predicted octanol–water partition coefficient (Wildman–Crippen LogP) is 4.63. The second-order valence-corrected chi connectivity index (χ2v) is 6.65. The Morgan fingerprint density at radius 1 is 1.40 bits per heavy atom. The highest BCUT2D eigenvalue weighted by molar-refractivity contribution is 9.10. The number of nitrogens with one attached hydrogen (secondary N) is 1. The van der Waals surface area contributed by atoms with Crippen LogP contribution in [0.3, 0.4) is 0 Å². The smallest absolute Gasteiger partial charge is 0.330 e. The first-order valence-corrected chi connectivity index (χ1v) is 8.52. The quantitative estimate of drug-likeness (QED) is 0.597. The minimum atomic E-state index is -0.540. The molecule has 0 fully saturated rings. The van der Waals surface area contributed by atoms with Crippen molar-refractivity contribution in [2.24, 2.45) is 0 Å².